The lowest BCUT2D eigenvalue weighted by molar-refractivity contribution is 1.21. The molecule has 0 spiro atoms. The fourth-order valence-corrected chi connectivity index (χ4v) is 2.45. The van der Waals surface area contributed by atoms with E-state index in [0.29, 0.717) is 0 Å². The third-order valence-electron chi connectivity index (χ3n) is 1.05. The van der Waals surface area contributed by atoms with Crippen LogP contribution in [-0.2, 0) is 0 Å². The van der Waals surface area contributed by atoms with E-state index in [4.69, 9.17) is 22.7 Å². The molecule has 0 radical (unpaired) electrons. The molecule has 1 aliphatic heterocycles. The Hall–Kier alpha value is 0.407. The Morgan fingerprint density at radius 3 is 2.75 bits per heavy atom. The standard InChI is InChI=1S/C5H6Cl2Si/c6-5-3-1-2-4-8(5)7/h1,3H,2,4H2. The predicted octanol–water partition coefficient (Wildman–Crippen LogP) is 2.13. The molecule has 0 saturated heterocycles. The molecule has 8 heavy (non-hydrogen) atoms. The SMILES string of the molecule is ClC1=[Si](Cl)CCC=C1. The summed E-state index contributed by atoms with van der Waals surface area (Å²) in [6.45, 7) is 0. The van der Waals surface area contributed by atoms with Gasteiger partial charge in [-0.3, -0.25) is 0 Å². The van der Waals surface area contributed by atoms with Gasteiger partial charge in [-0.25, -0.2) is 0 Å². The highest BCUT2D eigenvalue weighted by Gasteiger charge is 2.02. The van der Waals surface area contributed by atoms with Crippen molar-refractivity contribution < 1.29 is 0 Å². The molecule has 0 saturated carbocycles. The normalized spacial score (nSPS) is 19.8. The van der Waals surface area contributed by atoms with Crippen LogP contribution in [0.4, 0.5) is 0 Å². The smallest absolute Gasteiger partial charge is 0.137 e. The second-order valence-electron chi connectivity index (χ2n) is 1.69. The van der Waals surface area contributed by atoms with Gasteiger partial charge in [-0.1, -0.05) is 23.8 Å². The van der Waals surface area contributed by atoms with Gasteiger partial charge in [-0.2, -0.15) is 0 Å². The van der Waals surface area contributed by atoms with Crippen molar-refractivity contribution in [3.63, 3.8) is 0 Å². The molecule has 0 aromatic carbocycles. The molecule has 0 amide bonds. The van der Waals surface area contributed by atoms with Gasteiger partial charge in [-0.15, -0.1) is 11.1 Å². The van der Waals surface area contributed by atoms with Gasteiger partial charge in [0.2, 0.25) is 0 Å². The van der Waals surface area contributed by atoms with Crippen LogP contribution in [0.15, 0.2) is 12.2 Å². The minimum absolute atomic E-state index is 0.803. The summed E-state index contributed by atoms with van der Waals surface area (Å²) in [6.07, 6.45) is 5.10. The Labute approximate surface area is 60.0 Å². The zero-order chi connectivity index (χ0) is 5.98. The van der Waals surface area contributed by atoms with Gasteiger partial charge in [0.15, 0.2) is 0 Å². The molecule has 0 atom stereocenters. The highest BCUT2D eigenvalue weighted by molar-refractivity contribution is 7.19. The zero-order valence-electron chi connectivity index (χ0n) is 4.32. The Morgan fingerprint density at radius 1 is 1.62 bits per heavy atom. The van der Waals surface area contributed by atoms with Crippen molar-refractivity contribution in [1.29, 1.82) is 0 Å². The van der Waals surface area contributed by atoms with Crippen molar-refractivity contribution >= 4 is 35.0 Å². The minimum atomic E-state index is -0.803. The van der Waals surface area contributed by atoms with E-state index in [1.54, 1.807) is 0 Å². The van der Waals surface area contributed by atoms with Crippen molar-refractivity contribution in [2.24, 2.45) is 0 Å². The molecule has 0 nitrogen and oxygen atoms in total. The van der Waals surface area contributed by atoms with Gasteiger partial charge in [0.25, 0.3) is 0 Å². The van der Waals surface area contributed by atoms with Crippen molar-refractivity contribution in [3.8, 4) is 0 Å². The molecule has 3 heteroatoms. The first-order chi connectivity index (χ1) is 3.80. The highest BCUT2D eigenvalue weighted by atomic mass is 35.6. The monoisotopic (exact) mass is 164 g/mol. The minimum Gasteiger partial charge on any atom is -0.137 e. The quantitative estimate of drug-likeness (QED) is 0.381. The summed E-state index contributed by atoms with van der Waals surface area (Å²) in [4.78, 5) is 0. The van der Waals surface area contributed by atoms with E-state index in [1.807, 2.05) is 6.08 Å². The summed E-state index contributed by atoms with van der Waals surface area (Å²) in [5.74, 6) is 0. The Bertz CT molecular complexity index is 149. The Kier molecular flexibility index (Phi) is 2.29. The summed E-state index contributed by atoms with van der Waals surface area (Å²) in [5, 5.41) is 0. The summed E-state index contributed by atoms with van der Waals surface area (Å²) in [5.41, 5.74) is 0. The van der Waals surface area contributed by atoms with Gasteiger partial charge in [0.1, 0.15) is 7.72 Å². The summed E-state index contributed by atoms with van der Waals surface area (Å²) < 4.78 is 0.878. The molecule has 0 aromatic heterocycles. The third kappa shape index (κ3) is 1.44. The van der Waals surface area contributed by atoms with E-state index in [0.717, 1.165) is 17.1 Å². The molecule has 1 heterocycles. The molecule has 0 N–H and O–H groups in total. The molecule has 0 aromatic rings. The average molecular weight is 165 g/mol. The van der Waals surface area contributed by atoms with Crippen LogP contribution in [-0.4, -0.2) is 12.3 Å². The lowest BCUT2D eigenvalue weighted by Crippen LogP contribution is -2.04. The topological polar surface area (TPSA) is 0 Å². The van der Waals surface area contributed by atoms with Crippen LogP contribution in [0.2, 0.25) is 6.04 Å². The van der Waals surface area contributed by atoms with Crippen molar-refractivity contribution in [3.05, 3.63) is 12.2 Å². The summed E-state index contributed by atoms with van der Waals surface area (Å²) in [7, 11) is -0.803. The third-order valence-corrected chi connectivity index (χ3v) is 4.74. The van der Waals surface area contributed by atoms with Crippen LogP contribution in [0.5, 0.6) is 0 Å². The molecular weight excluding hydrogens is 159 g/mol. The molecule has 1 aliphatic rings. The lowest BCUT2D eigenvalue weighted by atomic mass is 10.4. The predicted molar refractivity (Wildman–Crippen MR) is 41.0 cm³/mol. The van der Waals surface area contributed by atoms with E-state index in [2.05, 4.69) is 6.08 Å². The Morgan fingerprint density at radius 2 is 2.38 bits per heavy atom. The van der Waals surface area contributed by atoms with Gasteiger partial charge in [0, 0.05) is 4.63 Å². The number of rotatable bonds is 0. The van der Waals surface area contributed by atoms with Crippen LogP contribution in [0.25, 0.3) is 0 Å². The van der Waals surface area contributed by atoms with Gasteiger partial charge in [-0.05, 0) is 12.5 Å². The van der Waals surface area contributed by atoms with Gasteiger partial charge >= 0.3 is 0 Å². The van der Waals surface area contributed by atoms with Gasteiger partial charge < -0.3 is 0 Å². The van der Waals surface area contributed by atoms with Crippen LogP contribution in [0, 0.1) is 0 Å². The first-order valence-electron chi connectivity index (χ1n) is 2.51. The average Bonchev–Trinajstić information content (AvgIpc) is 1.77. The lowest BCUT2D eigenvalue weighted by Gasteiger charge is -2.00. The first kappa shape index (κ1) is 6.53. The highest BCUT2D eigenvalue weighted by Crippen LogP contribution is 2.07. The van der Waals surface area contributed by atoms with Crippen molar-refractivity contribution in [1.82, 2.24) is 0 Å². The van der Waals surface area contributed by atoms with E-state index < -0.39 is 7.72 Å². The molecule has 44 valence electrons. The molecule has 0 fully saturated rings. The number of hydrogen-bond acceptors (Lipinski definition) is 0. The number of hydrogen-bond donors (Lipinski definition) is 0. The molecule has 1 rings (SSSR count). The molecule has 0 unspecified atom stereocenters. The van der Waals surface area contributed by atoms with Crippen molar-refractivity contribution in [2.75, 3.05) is 0 Å². The van der Waals surface area contributed by atoms with Crippen LogP contribution in [0.3, 0.4) is 0 Å². The maximum atomic E-state index is 5.85. The van der Waals surface area contributed by atoms with E-state index in [1.165, 1.54) is 0 Å². The zero-order valence-corrected chi connectivity index (χ0v) is 6.84. The second kappa shape index (κ2) is 2.81. The largest absolute Gasteiger partial charge is 0.145 e. The fraction of sp³-hybridized carbons (Fsp3) is 0.400. The summed E-state index contributed by atoms with van der Waals surface area (Å²) >= 11 is 11.6. The maximum absolute atomic E-state index is 5.85. The molecule has 0 bridgehead atoms. The van der Waals surface area contributed by atoms with E-state index in [-0.39, 0.29) is 0 Å². The van der Waals surface area contributed by atoms with Crippen LogP contribution < -0.4 is 0 Å². The second-order valence-corrected chi connectivity index (χ2v) is 5.64. The van der Waals surface area contributed by atoms with E-state index in [9.17, 15) is 0 Å². The number of allylic oxidation sites excluding steroid dienone is 2. The Balaban J connectivity index is 2.76. The van der Waals surface area contributed by atoms with Gasteiger partial charge in [0.05, 0.1) is 0 Å². The molecule has 0 aliphatic carbocycles. The van der Waals surface area contributed by atoms with Crippen LogP contribution in [0.1, 0.15) is 6.42 Å². The molecular formula is C5H6Cl2Si. The maximum Gasteiger partial charge on any atom is 0.145 e. The van der Waals surface area contributed by atoms with Crippen LogP contribution >= 0.6 is 22.7 Å². The summed E-state index contributed by atoms with van der Waals surface area (Å²) in [6, 6.07) is 1.08. The van der Waals surface area contributed by atoms with Crippen molar-refractivity contribution in [2.45, 2.75) is 12.5 Å². The fourth-order valence-electron chi connectivity index (χ4n) is 0.607. The van der Waals surface area contributed by atoms with E-state index >= 15 is 0 Å². The number of halogens is 2. The first-order valence-corrected chi connectivity index (χ1v) is 5.61.